The van der Waals surface area contributed by atoms with E-state index in [2.05, 4.69) is 10.6 Å². The minimum absolute atomic E-state index is 0.130. The molecule has 0 aliphatic carbocycles. The topological polar surface area (TPSA) is 78.5 Å². The molecule has 9 heteroatoms. The fraction of sp³-hybridized carbons (Fsp3) is 0.316. The minimum Gasteiger partial charge on any atom is -0.336 e. The van der Waals surface area contributed by atoms with E-state index in [0.717, 1.165) is 12.5 Å². The van der Waals surface area contributed by atoms with Crippen LogP contribution in [0.1, 0.15) is 19.3 Å². The van der Waals surface area contributed by atoms with Gasteiger partial charge in [0.2, 0.25) is 10.0 Å². The van der Waals surface area contributed by atoms with Crippen LogP contribution in [0.3, 0.4) is 0 Å². The van der Waals surface area contributed by atoms with Gasteiger partial charge >= 0.3 is 6.03 Å². The highest BCUT2D eigenvalue weighted by Crippen LogP contribution is 2.28. The van der Waals surface area contributed by atoms with E-state index in [0.29, 0.717) is 18.5 Å². The third-order valence-electron chi connectivity index (χ3n) is 4.58. The van der Waals surface area contributed by atoms with Gasteiger partial charge in [0, 0.05) is 29.8 Å². The number of carbonyl (C=O) groups is 1. The molecule has 0 radical (unpaired) electrons. The Kier molecular flexibility index (Phi) is 6.53. The summed E-state index contributed by atoms with van der Waals surface area (Å²) < 4.78 is 41.4. The van der Waals surface area contributed by atoms with Crippen molar-refractivity contribution in [3.8, 4) is 0 Å². The Morgan fingerprint density at radius 2 is 1.93 bits per heavy atom. The Bertz CT molecular complexity index is 941. The Morgan fingerprint density at radius 1 is 1.18 bits per heavy atom. The molecule has 2 aromatic carbocycles. The lowest BCUT2D eigenvalue weighted by atomic mass is 10.1. The lowest BCUT2D eigenvalue weighted by Crippen LogP contribution is -2.50. The molecule has 28 heavy (non-hydrogen) atoms. The van der Waals surface area contributed by atoms with E-state index in [9.17, 15) is 17.6 Å². The summed E-state index contributed by atoms with van der Waals surface area (Å²) in [5.41, 5.74) is 0.636. The summed E-state index contributed by atoms with van der Waals surface area (Å²) in [6, 6.07) is 11.6. The number of para-hydroxylation sites is 1. The number of sulfonamides is 1. The summed E-state index contributed by atoms with van der Waals surface area (Å²) >= 11 is 5.73. The van der Waals surface area contributed by atoms with Gasteiger partial charge in [-0.3, -0.25) is 0 Å². The molecular weight excluding hydrogens is 405 g/mol. The maximum atomic E-state index is 14.2. The first-order chi connectivity index (χ1) is 13.4. The number of hydrogen-bond acceptors (Lipinski definition) is 3. The van der Waals surface area contributed by atoms with Crippen LogP contribution in [0.4, 0.5) is 14.9 Å². The molecule has 150 valence electrons. The second-order valence-electron chi connectivity index (χ2n) is 6.54. The monoisotopic (exact) mass is 425 g/mol. The molecule has 1 atom stereocenters. The first-order valence-corrected chi connectivity index (χ1v) is 10.8. The van der Waals surface area contributed by atoms with Gasteiger partial charge < -0.3 is 10.6 Å². The number of rotatable bonds is 5. The van der Waals surface area contributed by atoms with E-state index < -0.39 is 32.8 Å². The molecule has 1 unspecified atom stereocenters. The molecule has 1 heterocycles. The summed E-state index contributed by atoms with van der Waals surface area (Å²) in [5.74, 6) is -0.883. The van der Waals surface area contributed by atoms with Gasteiger partial charge in [0.1, 0.15) is 10.7 Å². The highest BCUT2D eigenvalue weighted by atomic mass is 35.5. The van der Waals surface area contributed by atoms with Crippen molar-refractivity contribution in [1.82, 2.24) is 9.62 Å². The zero-order valence-electron chi connectivity index (χ0n) is 15.1. The first-order valence-electron chi connectivity index (χ1n) is 8.95. The largest absolute Gasteiger partial charge is 0.336 e. The molecule has 1 saturated heterocycles. The number of hydrogen-bond donors (Lipinski definition) is 2. The van der Waals surface area contributed by atoms with Crippen LogP contribution in [0.15, 0.2) is 53.4 Å². The van der Waals surface area contributed by atoms with Gasteiger partial charge in [0.05, 0.1) is 0 Å². The van der Waals surface area contributed by atoms with Gasteiger partial charge in [0.15, 0.2) is 0 Å². The second-order valence-corrected chi connectivity index (χ2v) is 8.84. The van der Waals surface area contributed by atoms with Crippen LogP contribution in [-0.2, 0) is 10.0 Å². The Balaban J connectivity index is 1.70. The molecule has 1 fully saturated rings. The van der Waals surface area contributed by atoms with Gasteiger partial charge in [-0.1, -0.05) is 36.2 Å². The maximum absolute atomic E-state index is 14.2. The Hall–Kier alpha value is -2.16. The molecule has 0 saturated carbocycles. The standard InChI is InChI=1S/C19H21ClFN3O3S/c20-14-9-10-18(17(21)12-14)28(26,27)24-11-5-4-8-16(24)13-22-19(25)23-15-6-2-1-3-7-15/h1-3,6-7,9-10,12,16H,4-5,8,11,13H2,(H2,22,23,25). The predicted molar refractivity (Wildman–Crippen MR) is 106 cm³/mol. The van der Waals surface area contributed by atoms with Crippen molar-refractivity contribution in [3.63, 3.8) is 0 Å². The summed E-state index contributed by atoms with van der Waals surface area (Å²) in [4.78, 5) is 11.7. The minimum atomic E-state index is -4.04. The highest BCUT2D eigenvalue weighted by Gasteiger charge is 2.35. The Labute approximate surface area is 168 Å². The number of amides is 2. The van der Waals surface area contributed by atoms with Crippen LogP contribution in [0.25, 0.3) is 0 Å². The van der Waals surface area contributed by atoms with Crippen LogP contribution in [0.2, 0.25) is 5.02 Å². The molecule has 0 bridgehead atoms. The van der Waals surface area contributed by atoms with Crippen LogP contribution in [-0.4, -0.2) is 37.9 Å². The normalized spacial score (nSPS) is 17.9. The molecule has 1 aliphatic rings. The van der Waals surface area contributed by atoms with E-state index >= 15 is 0 Å². The number of benzene rings is 2. The lowest BCUT2D eigenvalue weighted by molar-refractivity contribution is 0.231. The number of urea groups is 1. The van der Waals surface area contributed by atoms with Gasteiger partial charge in [0.25, 0.3) is 0 Å². The molecule has 1 aliphatic heterocycles. The number of piperidine rings is 1. The van der Waals surface area contributed by atoms with E-state index in [-0.39, 0.29) is 18.1 Å². The van der Waals surface area contributed by atoms with Gasteiger partial charge in [-0.15, -0.1) is 0 Å². The van der Waals surface area contributed by atoms with Crippen LogP contribution in [0.5, 0.6) is 0 Å². The van der Waals surface area contributed by atoms with Crippen LogP contribution < -0.4 is 10.6 Å². The fourth-order valence-electron chi connectivity index (χ4n) is 3.21. The number of carbonyl (C=O) groups excluding carboxylic acids is 1. The zero-order valence-corrected chi connectivity index (χ0v) is 16.6. The van der Waals surface area contributed by atoms with E-state index in [4.69, 9.17) is 11.6 Å². The summed E-state index contributed by atoms with van der Waals surface area (Å²) in [7, 11) is -4.04. The molecule has 0 spiro atoms. The van der Waals surface area contributed by atoms with E-state index in [1.54, 1.807) is 24.3 Å². The van der Waals surface area contributed by atoms with Crippen molar-refractivity contribution in [2.75, 3.05) is 18.4 Å². The van der Waals surface area contributed by atoms with Gasteiger partial charge in [-0.2, -0.15) is 4.31 Å². The molecule has 3 rings (SSSR count). The van der Waals surface area contributed by atoms with Crippen molar-refractivity contribution < 1.29 is 17.6 Å². The van der Waals surface area contributed by atoms with Crippen LogP contribution >= 0.6 is 11.6 Å². The zero-order chi connectivity index (χ0) is 20.1. The van der Waals surface area contributed by atoms with Crippen LogP contribution in [0, 0.1) is 5.82 Å². The molecular formula is C19H21ClFN3O3S. The summed E-state index contributed by atoms with van der Waals surface area (Å²) in [5, 5.41) is 5.53. The number of nitrogens with one attached hydrogen (secondary N) is 2. The lowest BCUT2D eigenvalue weighted by Gasteiger charge is -2.34. The second kappa shape index (κ2) is 8.89. The number of halogens is 2. The maximum Gasteiger partial charge on any atom is 0.319 e. The smallest absolute Gasteiger partial charge is 0.319 e. The summed E-state index contributed by atoms with van der Waals surface area (Å²) in [6.45, 7) is 0.407. The van der Waals surface area contributed by atoms with Crippen molar-refractivity contribution in [3.05, 3.63) is 59.4 Å². The SMILES string of the molecule is O=C(NCC1CCCCN1S(=O)(=O)c1ccc(Cl)cc1F)Nc1ccccc1. The molecule has 2 N–H and O–H groups in total. The van der Waals surface area contributed by atoms with Gasteiger partial charge in [-0.05, 0) is 43.2 Å². The molecule has 6 nitrogen and oxygen atoms in total. The fourth-order valence-corrected chi connectivity index (χ4v) is 5.11. The highest BCUT2D eigenvalue weighted by molar-refractivity contribution is 7.89. The molecule has 0 aromatic heterocycles. The number of anilines is 1. The third kappa shape index (κ3) is 4.81. The first kappa shape index (κ1) is 20.6. The van der Waals surface area contributed by atoms with Crippen molar-refractivity contribution in [1.29, 1.82) is 0 Å². The van der Waals surface area contributed by atoms with Crippen molar-refractivity contribution in [2.24, 2.45) is 0 Å². The molecule has 2 aromatic rings. The van der Waals surface area contributed by atoms with Crippen molar-refractivity contribution >= 4 is 33.3 Å². The summed E-state index contributed by atoms with van der Waals surface area (Å²) in [6.07, 6.45) is 2.10. The number of nitrogens with zero attached hydrogens (tertiary/aromatic N) is 1. The van der Waals surface area contributed by atoms with Gasteiger partial charge in [-0.25, -0.2) is 17.6 Å². The third-order valence-corrected chi connectivity index (χ3v) is 6.80. The average Bonchev–Trinajstić information content (AvgIpc) is 2.67. The Morgan fingerprint density at radius 3 is 2.64 bits per heavy atom. The van der Waals surface area contributed by atoms with E-state index in [1.165, 1.54) is 16.4 Å². The average molecular weight is 426 g/mol. The predicted octanol–water partition coefficient (Wildman–Crippen LogP) is 3.84. The molecule has 2 amide bonds. The van der Waals surface area contributed by atoms with E-state index in [1.807, 2.05) is 6.07 Å². The quantitative estimate of drug-likeness (QED) is 0.763. The van der Waals surface area contributed by atoms with Crippen molar-refractivity contribution in [2.45, 2.75) is 30.2 Å².